The molecule has 1 aromatic carbocycles. The second kappa shape index (κ2) is 5.60. The number of hydrogen-bond acceptors (Lipinski definition) is 1. The van der Waals surface area contributed by atoms with Crippen LogP contribution >= 0.6 is 0 Å². The molecule has 0 bridgehead atoms. The molecule has 0 aromatic heterocycles. The quantitative estimate of drug-likeness (QED) is 0.818. The summed E-state index contributed by atoms with van der Waals surface area (Å²) < 4.78 is 0. The van der Waals surface area contributed by atoms with E-state index in [-0.39, 0.29) is 17.9 Å². The third-order valence-corrected chi connectivity index (χ3v) is 4.19. The number of allylic oxidation sites excluding steroid dienone is 2. The summed E-state index contributed by atoms with van der Waals surface area (Å²) in [6, 6.07) is 10.6. The van der Waals surface area contributed by atoms with Gasteiger partial charge in [-0.25, -0.2) is 0 Å². The Bertz CT molecular complexity index is 461. The van der Waals surface area contributed by atoms with Crippen molar-refractivity contribution in [1.82, 2.24) is 5.32 Å². The molecule has 2 unspecified atom stereocenters. The predicted molar refractivity (Wildman–Crippen MR) is 76.5 cm³/mol. The van der Waals surface area contributed by atoms with E-state index in [0.717, 1.165) is 19.3 Å². The molecule has 2 heteroatoms. The van der Waals surface area contributed by atoms with E-state index in [1.807, 2.05) is 6.07 Å². The third kappa shape index (κ3) is 3.06. The van der Waals surface area contributed by atoms with Gasteiger partial charge in [0.15, 0.2) is 0 Å². The van der Waals surface area contributed by atoms with Gasteiger partial charge in [-0.1, -0.05) is 42.5 Å². The van der Waals surface area contributed by atoms with E-state index in [0.29, 0.717) is 5.92 Å². The largest absolute Gasteiger partial charge is 0.349 e. The van der Waals surface area contributed by atoms with Gasteiger partial charge in [-0.15, -0.1) is 0 Å². The van der Waals surface area contributed by atoms with E-state index in [9.17, 15) is 4.79 Å². The minimum absolute atomic E-state index is 0.176. The SMILES string of the molecule is O=C(NC(c1ccccc1)C1CC1)C1CC=CCC1. The van der Waals surface area contributed by atoms with Gasteiger partial charge in [0.25, 0.3) is 0 Å². The molecule has 2 atom stereocenters. The Labute approximate surface area is 114 Å². The van der Waals surface area contributed by atoms with Crippen molar-refractivity contribution in [3.05, 3.63) is 48.0 Å². The molecular formula is C17H21NO. The molecule has 100 valence electrons. The second-order valence-corrected chi connectivity index (χ2v) is 5.72. The van der Waals surface area contributed by atoms with E-state index in [1.165, 1.54) is 18.4 Å². The number of carbonyl (C=O) groups is 1. The maximum absolute atomic E-state index is 12.4. The summed E-state index contributed by atoms with van der Waals surface area (Å²) in [5.74, 6) is 1.06. The van der Waals surface area contributed by atoms with Crippen LogP contribution in [0.25, 0.3) is 0 Å². The molecule has 1 amide bonds. The molecule has 0 spiro atoms. The number of benzene rings is 1. The van der Waals surface area contributed by atoms with Gasteiger partial charge in [-0.3, -0.25) is 4.79 Å². The fourth-order valence-corrected chi connectivity index (χ4v) is 2.87. The molecule has 0 saturated heterocycles. The monoisotopic (exact) mass is 255 g/mol. The molecule has 2 aliphatic rings. The van der Waals surface area contributed by atoms with Gasteiger partial charge in [0.05, 0.1) is 6.04 Å². The Kier molecular flexibility index (Phi) is 3.67. The van der Waals surface area contributed by atoms with E-state index in [1.54, 1.807) is 0 Å². The van der Waals surface area contributed by atoms with Crippen molar-refractivity contribution >= 4 is 5.91 Å². The molecule has 3 rings (SSSR count). The average Bonchev–Trinajstić information content (AvgIpc) is 3.31. The van der Waals surface area contributed by atoms with Crippen LogP contribution in [0.15, 0.2) is 42.5 Å². The lowest BCUT2D eigenvalue weighted by Crippen LogP contribution is -2.35. The zero-order valence-electron chi connectivity index (χ0n) is 11.2. The van der Waals surface area contributed by atoms with Crippen molar-refractivity contribution < 1.29 is 4.79 Å². The Morgan fingerprint density at radius 2 is 1.89 bits per heavy atom. The summed E-state index contributed by atoms with van der Waals surface area (Å²) in [4.78, 5) is 12.4. The van der Waals surface area contributed by atoms with Crippen LogP contribution in [-0.4, -0.2) is 5.91 Å². The molecule has 1 N–H and O–H groups in total. The standard InChI is InChI=1S/C17H21NO/c19-17(15-9-5-2-6-10-15)18-16(14-11-12-14)13-7-3-1-4-8-13/h1-5,7-8,14-16H,6,9-12H2,(H,18,19). The van der Waals surface area contributed by atoms with Crippen molar-refractivity contribution in [3.63, 3.8) is 0 Å². The Morgan fingerprint density at radius 3 is 2.53 bits per heavy atom. The van der Waals surface area contributed by atoms with Crippen LogP contribution in [-0.2, 0) is 4.79 Å². The van der Waals surface area contributed by atoms with Crippen molar-refractivity contribution in [2.24, 2.45) is 11.8 Å². The topological polar surface area (TPSA) is 29.1 Å². The average molecular weight is 255 g/mol. The molecule has 0 radical (unpaired) electrons. The number of nitrogens with one attached hydrogen (secondary N) is 1. The van der Waals surface area contributed by atoms with E-state index < -0.39 is 0 Å². The molecule has 19 heavy (non-hydrogen) atoms. The van der Waals surface area contributed by atoms with Gasteiger partial charge in [0.2, 0.25) is 5.91 Å². The van der Waals surface area contributed by atoms with Crippen LogP contribution in [0.3, 0.4) is 0 Å². The summed E-state index contributed by atoms with van der Waals surface area (Å²) in [6.07, 6.45) is 9.74. The first-order valence-corrected chi connectivity index (χ1v) is 7.35. The fourth-order valence-electron chi connectivity index (χ4n) is 2.87. The van der Waals surface area contributed by atoms with Crippen LogP contribution < -0.4 is 5.32 Å². The van der Waals surface area contributed by atoms with Crippen LogP contribution in [0.1, 0.15) is 43.7 Å². The smallest absolute Gasteiger partial charge is 0.223 e. The Balaban J connectivity index is 1.68. The highest BCUT2D eigenvalue weighted by Crippen LogP contribution is 2.41. The first-order chi connectivity index (χ1) is 9.34. The Hall–Kier alpha value is -1.57. The van der Waals surface area contributed by atoms with Gasteiger partial charge in [0, 0.05) is 5.92 Å². The number of rotatable bonds is 4. The van der Waals surface area contributed by atoms with Crippen molar-refractivity contribution in [2.75, 3.05) is 0 Å². The summed E-state index contributed by atoms with van der Waals surface area (Å²) in [5.41, 5.74) is 1.25. The van der Waals surface area contributed by atoms with Crippen LogP contribution in [0.4, 0.5) is 0 Å². The fraction of sp³-hybridized carbons (Fsp3) is 0.471. The summed E-state index contributed by atoms with van der Waals surface area (Å²) in [7, 11) is 0. The minimum Gasteiger partial charge on any atom is -0.349 e. The predicted octanol–water partition coefficient (Wildman–Crippen LogP) is 3.61. The Morgan fingerprint density at radius 1 is 1.11 bits per heavy atom. The van der Waals surface area contributed by atoms with E-state index >= 15 is 0 Å². The van der Waals surface area contributed by atoms with Crippen molar-refractivity contribution in [3.8, 4) is 0 Å². The molecule has 2 nitrogen and oxygen atoms in total. The van der Waals surface area contributed by atoms with Gasteiger partial charge in [-0.2, -0.15) is 0 Å². The van der Waals surface area contributed by atoms with Crippen LogP contribution in [0, 0.1) is 11.8 Å². The molecule has 1 aromatic rings. The van der Waals surface area contributed by atoms with Crippen LogP contribution in [0.2, 0.25) is 0 Å². The van der Waals surface area contributed by atoms with E-state index in [2.05, 4.69) is 41.7 Å². The van der Waals surface area contributed by atoms with Gasteiger partial charge in [-0.05, 0) is 43.6 Å². The van der Waals surface area contributed by atoms with Crippen molar-refractivity contribution in [1.29, 1.82) is 0 Å². The number of amides is 1. The van der Waals surface area contributed by atoms with Gasteiger partial charge >= 0.3 is 0 Å². The molecular weight excluding hydrogens is 234 g/mol. The third-order valence-electron chi connectivity index (χ3n) is 4.19. The van der Waals surface area contributed by atoms with E-state index in [4.69, 9.17) is 0 Å². The number of hydrogen-bond donors (Lipinski definition) is 1. The molecule has 1 saturated carbocycles. The zero-order valence-corrected chi connectivity index (χ0v) is 11.2. The normalized spacial score (nSPS) is 23.9. The zero-order chi connectivity index (χ0) is 13.1. The lowest BCUT2D eigenvalue weighted by Gasteiger charge is -2.23. The molecule has 2 aliphatic carbocycles. The van der Waals surface area contributed by atoms with Gasteiger partial charge in [0.1, 0.15) is 0 Å². The first kappa shape index (κ1) is 12.5. The van der Waals surface area contributed by atoms with Crippen molar-refractivity contribution in [2.45, 2.75) is 38.1 Å². The molecule has 1 fully saturated rings. The maximum atomic E-state index is 12.4. The minimum atomic E-state index is 0.176. The maximum Gasteiger partial charge on any atom is 0.223 e. The second-order valence-electron chi connectivity index (χ2n) is 5.72. The van der Waals surface area contributed by atoms with Crippen LogP contribution in [0.5, 0.6) is 0 Å². The molecule has 0 aliphatic heterocycles. The summed E-state index contributed by atoms with van der Waals surface area (Å²) in [5, 5.41) is 3.29. The summed E-state index contributed by atoms with van der Waals surface area (Å²) in [6.45, 7) is 0. The summed E-state index contributed by atoms with van der Waals surface area (Å²) >= 11 is 0. The first-order valence-electron chi connectivity index (χ1n) is 7.35. The number of carbonyl (C=O) groups excluding carboxylic acids is 1. The van der Waals surface area contributed by atoms with Gasteiger partial charge < -0.3 is 5.32 Å². The lowest BCUT2D eigenvalue weighted by atomic mass is 9.92. The highest BCUT2D eigenvalue weighted by molar-refractivity contribution is 5.79. The highest BCUT2D eigenvalue weighted by atomic mass is 16.1. The highest BCUT2D eigenvalue weighted by Gasteiger charge is 2.34. The molecule has 0 heterocycles. The lowest BCUT2D eigenvalue weighted by molar-refractivity contribution is -0.126.